The lowest BCUT2D eigenvalue weighted by molar-refractivity contribution is -0.115. The molecule has 9 heteroatoms. The molecular weight excluding hydrogens is 420 g/mol. The quantitative estimate of drug-likeness (QED) is 0.511. The van der Waals surface area contributed by atoms with Gasteiger partial charge >= 0.3 is 0 Å². The van der Waals surface area contributed by atoms with Gasteiger partial charge in [-0.2, -0.15) is 0 Å². The zero-order chi connectivity index (χ0) is 21.6. The van der Waals surface area contributed by atoms with Crippen LogP contribution in [-0.2, 0) is 14.8 Å². The van der Waals surface area contributed by atoms with E-state index in [4.69, 9.17) is 0 Å². The summed E-state index contributed by atoms with van der Waals surface area (Å²) >= 11 is 1.62. The molecule has 7 nitrogen and oxygen atoms in total. The molecule has 0 spiro atoms. The van der Waals surface area contributed by atoms with Crippen LogP contribution in [0.1, 0.15) is 17.7 Å². The first-order valence-electron chi connectivity index (χ1n) is 9.24. The maximum Gasteiger partial charge on any atom is 0.264 e. The average Bonchev–Trinajstić information content (AvgIpc) is 2.69. The Labute approximate surface area is 180 Å². The van der Waals surface area contributed by atoms with Crippen molar-refractivity contribution in [2.45, 2.75) is 30.1 Å². The molecule has 0 saturated heterocycles. The normalized spacial score (nSPS) is 11.1. The Bertz CT molecular complexity index is 1120. The fourth-order valence-corrected chi connectivity index (χ4v) is 4.32. The van der Waals surface area contributed by atoms with E-state index in [-0.39, 0.29) is 16.8 Å². The van der Waals surface area contributed by atoms with Gasteiger partial charge in [-0.05, 0) is 56.3 Å². The van der Waals surface area contributed by atoms with E-state index in [2.05, 4.69) is 20.0 Å². The summed E-state index contributed by atoms with van der Waals surface area (Å²) in [4.78, 5) is 21.3. The number of nitrogens with one attached hydrogen (secondary N) is 2. The maximum atomic E-state index is 12.5. The van der Waals surface area contributed by atoms with Crippen molar-refractivity contribution >= 4 is 39.3 Å². The Morgan fingerprint density at radius 1 is 1.00 bits per heavy atom. The molecule has 1 aromatic heterocycles. The van der Waals surface area contributed by atoms with Gasteiger partial charge in [0.05, 0.1) is 4.90 Å². The first-order chi connectivity index (χ1) is 14.3. The number of anilines is 2. The molecule has 0 atom stereocenters. The topological polar surface area (TPSA) is 101 Å². The molecule has 1 amide bonds. The Hall–Kier alpha value is -2.91. The molecule has 2 N–H and O–H groups in total. The average molecular weight is 443 g/mol. The van der Waals surface area contributed by atoms with E-state index in [1.54, 1.807) is 36.9 Å². The highest BCUT2D eigenvalue weighted by atomic mass is 32.2. The Kier molecular flexibility index (Phi) is 7.07. The Balaban J connectivity index is 1.53. The second kappa shape index (κ2) is 9.73. The van der Waals surface area contributed by atoms with E-state index in [1.807, 2.05) is 31.2 Å². The number of amides is 1. The molecule has 1 heterocycles. The predicted octanol–water partition coefficient (Wildman–Crippen LogP) is 4.02. The predicted molar refractivity (Wildman–Crippen MR) is 119 cm³/mol. The van der Waals surface area contributed by atoms with E-state index in [1.165, 1.54) is 23.9 Å². The Morgan fingerprint density at radius 3 is 2.37 bits per heavy atom. The molecule has 0 fully saturated rings. The minimum atomic E-state index is -3.81. The van der Waals surface area contributed by atoms with Gasteiger partial charge in [0.2, 0.25) is 11.9 Å². The van der Waals surface area contributed by atoms with Crippen LogP contribution in [0.4, 0.5) is 11.6 Å². The molecule has 0 aliphatic carbocycles. The number of carbonyl (C=O) groups excluding carboxylic acids is 1. The first kappa shape index (κ1) is 21.8. The number of aromatic nitrogens is 2. The maximum absolute atomic E-state index is 12.5. The molecule has 0 aliphatic heterocycles. The molecule has 30 heavy (non-hydrogen) atoms. The number of nitrogens with zero attached hydrogens (tertiary/aromatic N) is 2. The van der Waals surface area contributed by atoms with Gasteiger partial charge < -0.3 is 5.32 Å². The van der Waals surface area contributed by atoms with Gasteiger partial charge in [-0.15, -0.1) is 11.8 Å². The molecule has 3 rings (SSSR count). The summed E-state index contributed by atoms with van der Waals surface area (Å²) in [5.74, 6) is 0.539. The second-order valence-corrected chi connectivity index (χ2v) is 9.46. The highest BCUT2D eigenvalue weighted by Gasteiger charge is 2.16. The van der Waals surface area contributed by atoms with Crippen LogP contribution in [0.15, 0.2) is 70.6 Å². The van der Waals surface area contributed by atoms with Crippen molar-refractivity contribution in [3.8, 4) is 0 Å². The van der Waals surface area contributed by atoms with Crippen molar-refractivity contribution in [2.75, 3.05) is 15.8 Å². The van der Waals surface area contributed by atoms with Crippen LogP contribution in [0.25, 0.3) is 0 Å². The van der Waals surface area contributed by atoms with Crippen LogP contribution >= 0.6 is 11.8 Å². The fourth-order valence-electron chi connectivity index (χ4n) is 2.51. The van der Waals surface area contributed by atoms with Crippen LogP contribution in [0.3, 0.4) is 0 Å². The molecule has 0 radical (unpaired) electrons. The van der Waals surface area contributed by atoms with Crippen molar-refractivity contribution in [3.63, 3.8) is 0 Å². The monoisotopic (exact) mass is 442 g/mol. The van der Waals surface area contributed by atoms with Crippen LogP contribution in [0.2, 0.25) is 0 Å². The standard InChI is InChI=1S/C21H22N4O3S2/c1-15-3-7-18(8-4-15)29-14-12-20(26)24-17-5-9-19(10-6-17)30(27,28)25-21-22-13-11-16(2)23-21/h3-11,13H,12,14H2,1-2H3,(H,24,26)(H,22,23,25). The first-order valence-corrected chi connectivity index (χ1v) is 11.7. The third-order valence-corrected chi connectivity index (χ3v) is 6.45. The van der Waals surface area contributed by atoms with Crippen LogP contribution in [0.5, 0.6) is 0 Å². The molecular formula is C21H22N4O3S2. The number of rotatable bonds is 8. The molecule has 0 aliphatic rings. The molecule has 156 valence electrons. The highest BCUT2D eigenvalue weighted by molar-refractivity contribution is 7.99. The van der Waals surface area contributed by atoms with Gasteiger partial charge in [0.15, 0.2) is 0 Å². The smallest absolute Gasteiger partial charge is 0.264 e. The zero-order valence-corrected chi connectivity index (χ0v) is 18.3. The van der Waals surface area contributed by atoms with Crippen molar-refractivity contribution in [3.05, 3.63) is 72.1 Å². The largest absolute Gasteiger partial charge is 0.326 e. The van der Waals surface area contributed by atoms with Gasteiger partial charge in [0, 0.05) is 34.6 Å². The SMILES string of the molecule is Cc1ccc(SCCC(=O)Nc2ccc(S(=O)(=O)Nc3nccc(C)n3)cc2)cc1. The van der Waals surface area contributed by atoms with E-state index in [0.717, 1.165) is 4.90 Å². The number of hydrogen-bond acceptors (Lipinski definition) is 6. The van der Waals surface area contributed by atoms with E-state index >= 15 is 0 Å². The number of benzene rings is 2. The van der Waals surface area contributed by atoms with Crippen molar-refractivity contribution in [1.82, 2.24) is 9.97 Å². The summed E-state index contributed by atoms with van der Waals surface area (Å²) in [7, 11) is -3.81. The number of sulfonamides is 1. The van der Waals surface area contributed by atoms with Gasteiger partial charge in [-0.25, -0.2) is 23.1 Å². The molecule has 0 bridgehead atoms. The summed E-state index contributed by atoms with van der Waals surface area (Å²) in [6.07, 6.45) is 1.83. The van der Waals surface area contributed by atoms with Gasteiger partial charge in [-0.3, -0.25) is 4.79 Å². The summed E-state index contributed by atoms with van der Waals surface area (Å²) in [5.41, 5.74) is 2.39. The van der Waals surface area contributed by atoms with E-state index < -0.39 is 10.0 Å². The van der Waals surface area contributed by atoms with Crippen LogP contribution in [-0.4, -0.2) is 30.0 Å². The lowest BCUT2D eigenvalue weighted by atomic mass is 10.2. The minimum Gasteiger partial charge on any atom is -0.326 e. The van der Waals surface area contributed by atoms with Crippen molar-refractivity contribution < 1.29 is 13.2 Å². The van der Waals surface area contributed by atoms with Crippen LogP contribution in [0, 0.1) is 13.8 Å². The molecule has 2 aromatic carbocycles. The summed E-state index contributed by atoms with van der Waals surface area (Å²) in [6, 6.07) is 15.8. The lowest BCUT2D eigenvalue weighted by Gasteiger charge is -2.09. The summed E-state index contributed by atoms with van der Waals surface area (Å²) in [5, 5.41) is 2.78. The van der Waals surface area contributed by atoms with E-state index in [9.17, 15) is 13.2 Å². The summed E-state index contributed by atoms with van der Waals surface area (Å²) < 4.78 is 27.3. The van der Waals surface area contributed by atoms with Crippen molar-refractivity contribution in [1.29, 1.82) is 0 Å². The van der Waals surface area contributed by atoms with Gasteiger partial charge in [0.1, 0.15) is 0 Å². The fraction of sp³-hybridized carbons (Fsp3) is 0.190. The third kappa shape index (κ3) is 6.30. The minimum absolute atomic E-state index is 0.0125. The molecule has 0 unspecified atom stereocenters. The van der Waals surface area contributed by atoms with Crippen LogP contribution < -0.4 is 10.0 Å². The van der Waals surface area contributed by atoms with Gasteiger partial charge in [0.25, 0.3) is 10.0 Å². The third-order valence-electron chi connectivity index (χ3n) is 4.09. The molecule has 3 aromatic rings. The van der Waals surface area contributed by atoms with E-state index in [0.29, 0.717) is 23.6 Å². The number of carbonyl (C=O) groups is 1. The Morgan fingerprint density at radius 2 is 1.70 bits per heavy atom. The second-order valence-electron chi connectivity index (χ2n) is 6.61. The lowest BCUT2D eigenvalue weighted by Crippen LogP contribution is -2.16. The summed E-state index contributed by atoms with van der Waals surface area (Å²) in [6.45, 7) is 3.78. The zero-order valence-electron chi connectivity index (χ0n) is 16.6. The van der Waals surface area contributed by atoms with Crippen molar-refractivity contribution in [2.24, 2.45) is 0 Å². The van der Waals surface area contributed by atoms with Gasteiger partial charge in [-0.1, -0.05) is 17.7 Å². The number of aryl methyl sites for hydroxylation is 2. The number of thioether (sulfide) groups is 1. The molecule has 0 saturated carbocycles. The number of hydrogen-bond donors (Lipinski definition) is 2. The highest BCUT2D eigenvalue weighted by Crippen LogP contribution is 2.20.